The van der Waals surface area contributed by atoms with Crippen molar-refractivity contribution in [3.63, 3.8) is 0 Å². The second-order valence-electron chi connectivity index (χ2n) is 5.32. The van der Waals surface area contributed by atoms with Crippen LogP contribution in [0.25, 0.3) is 5.57 Å². The predicted molar refractivity (Wildman–Crippen MR) is 81.1 cm³/mol. The van der Waals surface area contributed by atoms with Gasteiger partial charge in [-0.2, -0.15) is 0 Å². The third kappa shape index (κ3) is 1.84. The van der Waals surface area contributed by atoms with E-state index in [4.69, 9.17) is 4.74 Å². The van der Waals surface area contributed by atoms with Crippen LogP contribution in [0.1, 0.15) is 24.0 Å². The van der Waals surface area contributed by atoms with Gasteiger partial charge in [-0.3, -0.25) is 0 Å². The third-order valence-electron chi connectivity index (χ3n) is 4.09. The van der Waals surface area contributed by atoms with E-state index in [9.17, 15) is 0 Å². The van der Waals surface area contributed by atoms with E-state index in [1.807, 2.05) is 12.1 Å². The number of rotatable bonds is 0. The molecule has 0 aromatic heterocycles. The summed E-state index contributed by atoms with van der Waals surface area (Å²) in [6.07, 6.45) is 2.25. The Balaban J connectivity index is 1.97. The van der Waals surface area contributed by atoms with E-state index in [0.29, 0.717) is 0 Å². The first-order valence-corrected chi connectivity index (χ1v) is 7.23. The topological polar surface area (TPSA) is 21.3 Å². The fourth-order valence-corrected chi connectivity index (χ4v) is 3.15. The number of hydrogen-bond acceptors (Lipinski definition) is 2. The molecule has 0 spiro atoms. The third-order valence-corrected chi connectivity index (χ3v) is 4.09. The van der Waals surface area contributed by atoms with E-state index >= 15 is 0 Å². The fourth-order valence-electron chi connectivity index (χ4n) is 3.15. The molecule has 100 valence electrons. The number of hydrogen-bond donors (Lipinski definition) is 1. The van der Waals surface area contributed by atoms with E-state index in [1.54, 1.807) is 5.57 Å². The lowest BCUT2D eigenvalue weighted by molar-refractivity contribution is 0.473. The Morgan fingerprint density at radius 1 is 0.750 bits per heavy atom. The van der Waals surface area contributed by atoms with Gasteiger partial charge < -0.3 is 10.1 Å². The average Bonchev–Trinajstić information content (AvgIpc) is 2.53. The van der Waals surface area contributed by atoms with Crippen LogP contribution in [-0.4, -0.2) is 13.1 Å². The Hall–Kier alpha value is -2.06. The van der Waals surface area contributed by atoms with Crippen LogP contribution >= 0.6 is 0 Å². The molecule has 20 heavy (non-hydrogen) atoms. The molecule has 0 atom stereocenters. The first-order chi connectivity index (χ1) is 9.93. The zero-order valence-corrected chi connectivity index (χ0v) is 11.4. The number of ether oxygens (including phenoxy) is 1. The molecule has 4 rings (SSSR count). The molecule has 0 saturated carbocycles. The Morgan fingerprint density at radius 2 is 1.30 bits per heavy atom. The molecule has 2 aliphatic heterocycles. The minimum atomic E-state index is 0.979. The highest BCUT2D eigenvalue weighted by Gasteiger charge is 2.24. The number of fused-ring (bicyclic) bond motifs is 2. The summed E-state index contributed by atoms with van der Waals surface area (Å²) in [5.41, 5.74) is 5.42. The van der Waals surface area contributed by atoms with Crippen molar-refractivity contribution in [3.05, 3.63) is 65.2 Å². The van der Waals surface area contributed by atoms with Crippen molar-refractivity contribution in [3.8, 4) is 11.5 Å². The zero-order chi connectivity index (χ0) is 13.4. The maximum atomic E-state index is 6.05. The van der Waals surface area contributed by atoms with Gasteiger partial charge in [-0.1, -0.05) is 42.0 Å². The van der Waals surface area contributed by atoms with Crippen LogP contribution in [0.5, 0.6) is 11.5 Å². The van der Waals surface area contributed by atoms with Crippen LogP contribution in [0.15, 0.2) is 54.1 Å². The quantitative estimate of drug-likeness (QED) is 0.662. The molecule has 1 fully saturated rings. The summed E-state index contributed by atoms with van der Waals surface area (Å²) in [7, 11) is 0. The van der Waals surface area contributed by atoms with Crippen molar-refractivity contribution in [1.82, 2.24) is 5.32 Å². The normalized spacial score (nSPS) is 17.2. The van der Waals surface area contributed by atoms with Gasteiger partial charge in [0.25, 0.3) is 0 Å². The van der Waals surface area contributed by atoms with E-state index < -0.39 is 0 Å². The molecular formula is C18H17NO. The maximum absolute atomic E-state index is 6.05. The summed E-state index contributed by atoms with van der Waals surface area (Å²) in [6.45, 7) is 2.15. The van der Waals surface area contributed by atoms with E-state index in [-0.39, 0.29) is 0 Å². The lowest BCUT2D eigenvalue weighted by atomic mass is 9.86. The van der Waals surface area contributed by atoms with Crippen molar-refractivity contribution < 1.29 is 4.74 Å². The first kappa shape index (κ1) is 11.7. The SMILES string of the molecule is c1ccc2c(c1)Oc1ccccc1C2=C1CCNCC1. The molecule has 0 bridgehead atoms. The Labute approximate surface area is 119 Å². The largest absolute Gasteiger partial charge is 0.456 e. The Morgan fingerprint density at radius 3 is 1.90 bits per heavy atom. The highest BCUT2D eigenvalue weighted by atomic mass is 16.5. The molecule has 2 nitrogen and oxygen atoms in total. The van der Waals surface area contributed by atoms with Crippen molar-refractivity contribution in [2.45, 2.75) is 12.8 Å². The van der Waals surface area contributed by atoms with E-state index in [0.717, 1.165) is 37.4 Å². The van der Waals surface area contributed by atoms with Gasteiger partial charge in [-0.25, -0.2) is 0 Å². The van der Waals surface area contributed by atoms with Gasteiger partial charge in [0.2, 0.25) is 0 Å². The van der Waals surface area contributed by atoms with Crippen LogP contribution in [0.2, 0.25) is 0 Å². The number of benzene rings is 2. The molecule has 1 N–H and O–H groups in total. The average molecular weight is 263 g/mol. The molecule has 2 aliphatic rings. The summed E-state index contributed by atoms with van der Waals surface area (Å²) in [4.78, 5) is 0. The van der Waals surface area contributed by atoms with Crippen molar-refractivity contribution >= 4 is 5.57 Å². The second kappa shape index (κ2) is 4.80. The second-order valence-corrected chi connectivity index (χ2v) is 5.32. The molecule has 2 heterocycles. The first-order valence-electron chi connectivity index (χ1n) is 7.23. The minimum Gasteiger partial charge on any atom is -0.456 e. The molecule has 2 aromatic carbocycles. The summed E-state index contributed by atoms with van der Waals surface area (Å²) in [5, 5.41) is 3.44. The fraction of sp³-hybridized carbons (Fsp3) is 0.222. The summed E-state index contributed by atoms with van der Waals surface area (Å²) < 4.78 is 6.05. The van der Waals surface area contributed by atoms with Gasteiger partial charge in [-0.05, 0) is 43.6 Å². The zero-order valence-electron chi connectivity index (χ0n) is 11.4. The standard InChI is InChI=1S/C18H17NO/c1-3-7-16-14(5-1)18(13-9-11-19-12-10-13)15-6-2-4-8-17(15)20-16/h1-8,19H,9-12H2. The number of piperidine rings is 1. The number of nitrogens with one attached hydrogen (secondary N) is 1. The lowest BCUT2D eigenvalue weighted by Gasteiger charge is -2.27. The van der Waals surface area contributed by atoms with Crippen molar-refractivity contribution in [2.24, 2.45) is 0 Å². The van der Waals surface area contributed by atoms with Gasteiger partial charge in [-0.15, -0.1) is 0 Å². The molecule has 1 saturated heterocycles. The van der Waals surface area contributed by atoms with Gasteiger partial charge in [0, 0.05) is 11.1 Å². The summed E-state index contributed by atoms with van der Waals surface area (Å²) in [6, 6.07) is 16.7. The maximum Gasteiger partial charge on any atom is 0.135 e. The van der Waals surface area contributed by atoms with Crippen LogP contribution in [-0.2, 0) is 0 Å². The van der Waals surface area contributed by atoms with Crippen molar-refractivity contribution in [1.29, 1.82) is 0 Å². The summed E-state index contributed by atoms with van der Waals surface area (Å²) in [5.74, 6) is 1.96. The highest BCUT2D eigenvalue weighted by Crippen LogP contribution is 2.45. The Bertz CT molecular complexity index is 632. The van der Waals surface area contributed by atoms with Crippen LogP contribution < -0.4 is 10.1 Å². The molecule has 2 heteroatoms. The number of para-hydroxylation sites is 2. The summed E-state index contributed by atoms with van der Waals surface area (Å²) >= 11 is 0. The molecule has 0 amide bonds. The van der Waals surface area contributed by atoms with Crippen LogP contribution in [0.3, 0.4) is 0 Å². The molecule has 0 radical (unpaired) electrons. The van der Waals surface area contributed by atoms with Gasteiger partial charge >= 0.3 is 0 Å². The highest BCUT2D eigenvalue weighted by molar-refractivity contribution is 5.89. The Kier molecular flexibility index (Phi) is 2.82. The van der Waals surface area contributed by atoms with Gasteiger partial charge in [0.1, 0.15) is 11.5 Å². The van der Waals surface area contributed by atoms with Crippen LogP contribution in [0, 0.1) is 0 Å². The lowest BCUT2D eigenvalue weighted by Crippen LogP contribution is -2.24. The predicted octanol–water partition coefficient (Wildman–Crippen LogP) is 3.98. The molecule has 0 unspecified atom stereocenters. The van der Waals surface area contributed by atoms with Gasteiger partial charge in [0.15, 0.2) is 0 Å². The van der Waals surface area contributed by atoms with E-state index in [1.165, 1.54) is 16.7 Å². The van der Waals surface area contributed by atoms with Crippen molar-refractivity contribution in [2.75, 3.05) is 13.1 Å². The van der Waals surface area contributed by atoms with Gasteiger partial charge in [0.05, 0.1) is 0 Å². The smallest absolute Gasteiger partial charge is 0.135 e. The van der Waals surface area contributed by atoms with E-state index in [2.05, 4.69) is 41.7 Å². The molecule has 2 aromatic rings. The minimum absolute atomic E-state index is 0.979. The van der Waals surface area contributed by atoms with Crippen LogP contribution in [0.4, 0.5) is 0 Å². The molecular weight excluding hydrogens is 246 g/mol. The monoisotopic (exact) mass is 263 g/mol. The molecule has 0 aliphatic carbocycles.